The third kappa shape index (κ3) is 1.55. The van der Waals surface area contributed by atoms with Crippen LogP contribution in [0, 0.1) is 34.5 Å². The van der Waals surface area contributed by atoms with Gasteiger partial charge < -0.3 is 18.9 Å². The molecule has 3 aliphatic carbocycles. The highest BCUT2D eigenvalue weighted by molar-refractivity contribution is 6.13. The van der Waals surface area contributed by atoms with Crippen molar-refractivity contribution in [2.24, 2.45) is 44.5 Å². The maximum absolute atomic E-state index is 13.2. The molecule has 0 aromatic rings. The van der Waals surface area contributed by atoms with E-state index in [1.54, 1.807) is 0 Å². The molecule has 0 bridgehead atoms. The van der Waals surface area contributed by atoms with Crippen LogP contribution in [0.25, 0.3) is 0 Å². The lowest BCUT2D eigenvalue weighted by Crippen LogP contribution is -2.94. The lowest BCUT2D eigenvalue weighted by molar-refractivity contribution is -0.317. The van der Waals surface area contributed by atoms with Gasteiger partial charge in [-0.1, -0.05) is 0 Å². The van der Waals surface area contributed by atoms with E-state index in [2.05, 4.69) is 0 Å². The molecule has 3 saturated carbocycles. The van der Waals surface area contributed by atoms with E-state index in [1.165, 1.54) is 14.2 Å². The Balaban J connectivity index is 1.65. The average molecular weight is 390 g/mol. The summed E-state index contributed by atoms with van der Waals surface area (Å²) in [5.41, 5.74) is -2.00. The zero-order valence-corrected chi connectivity index (χ0v) is 17.0. The van der Waals surface area contributed by atoms with Crippen molar-refractivity contribution in [2.75, 3.05) is 14.2 Å². The summed E-state index contributed by atoms with van der Waals surface area (Å²) in [5.74, 6) is 0.347. The van der Waals surface area contributed by atoms with E-state index < -0.39 is 10.8 Å². The van der Waals surface area contributed by atoms with Crippen molar-refractivity contribution in [1.29, 1.82) is 0 Å². The Morgan fingerprint density at radius 1 is 0.786 bits per heavy atom. The number of methoxy groups -OCH3 is 2. The molecule has 152 valence electrons. The Morgan fingerprint density at radius 2 is 1.14 bits per heavy atom. The minimum atomic E-state index is -1.00. The lowest BCUT2D eigenvalue weighted by Gasteiger charge is -2.83. The highest BCUT2D eigenvalue weighted by Gasteiger charge is 2.95. The van der Waals surface area contributed by atoms with Crippen molar-refractivity contribution >= 4 is 23.7 Å². The van der Waals surface area contributed by atoms with Gasteiger partial charge in [-0.25, -0.2) is 9.98 Å². The summed E-state index contributed by atoms with van der Waals surface area (Å²) in [6.45, 7) is 7.30. The van der Waals surface area contributed by atoms with Crippen molar-refractivity contribution in [1.82, 2.24) is 0 Å². The second kappa shape index (κ2) is 5.27. The van der Waals surface area contributed by atoms with Crippen LogP contribution < -0.4 is 0 Å². The van der Waals surface area contributed by atoms with E-state index >= 15 is 0 Å². The molecule has 0 radical (unpaired) electrons. The Bertz CT molecular complexity index is 759. The predicted molar refractivity (Wildman–Crippen MR) is 97.7 cm³/mol. The van der Waals surface area contributed by atoms with Gasteiger partial charge in [0.15, 0.2) is 10.8 Å². The van der Waals surface area contributed by atoms with Crippen molar-refractivity contribution in [3.05, 3.63) is 0 Å². The molecular weight excluding hydrogens is 364 g/mol. The van der Waals surface area contributed by atoms with Crippen LogP contribution in [0.4, 0.5) is 0 Å². The number of hydrogen-bond acceptors (Lipinski definition) is 8. The third-order valence-electron chi connectivity index (χ3n) is 7.34. The van der Waals surface area contributed by atoms with Crippen LogP contribution in [0.3, 0.4) is 0 Å². The fraction of sp³-hybridized carbons (Fsp3) is 0.800. The number of rotatable bonds is 4. The largest absolute Gasteiger partial charge is 0.483 e. The molecule has 3 fully saturated rings. The van der Waals surface area contributed by atoms with Gasteiger partial charge in [0.1, 0.15) is 0 Å². The summed E-state index contributed by atoms with van der Waals surface area (Å²) in [6, 6.07) is -0.750. The zero-order valence-electron chi connectivity index (χ0n) is 17.0. The van der Waals surface area contributed by atoms with E-state index in [1.807, 2.05) is 27.7 Å². The summed E-state index contributed by atoms with van der Waals surface area (Å²) in [4.78, 5) is 36.0. The molecule has 5 aliphatic rings. The predicted octanol–water partition coefficient (Wildman–Crippen LogP) is 1.22. The standard InChI is InChI=1S/C20H26N2O6/c1-7(2)27-17(23)19-11-9-12-10(11)14(22-15(19)25-5)20(12,18(24)28-8(3)4)16(26-6)21-13(9)19/h7-14H,1-6H3. The minimum absolute atomic E-state index is 0.0494. The van der Waals surface area contributed by atoms with E-state index in [0.717, 1.165) is 0 Å². The van der Waals surface area contributed by atoms with Gasteiger partial charge in [0.25, 0.3) is 0 Å². The molecule has 0 spiro atoms. The monoisotopic (exact) mass is 390 g/mol. The van der Waals surface area contributed by atoms with Gasteiger partial charge in [-0.15, -0.1) is 0 Å². The molecule has 0 amide bonds. The molecule has 8 nitrogen and oxygen atoms in total. The molecule has 0 aromatic carbocycles. The first-order chi connectivity index (χ1) is 13.3. The van der Waals surface area contributed by atoms with Crippen LogP contribution in [-0.4, -0.2) is 62.2 Å². The normalized spacial score (nSPS) is 45.7. The van der Waals surface area contributed by atoms with Gasteiger partial charge in [0.05, 0.1) is 38.5 Å². The maximum Gasteiger partial charge on any atom is 0.324 e. The lowest BCUT2D eigenvalue weighted by atomic mass is 9.20. The summed E-state index contributed by atoms with van der Waals surface area (Å²) in [7, 11) is 3.03. The molecular formula is C20H26N2O6. The molecule has 4 unspecified atom stereocenters. The van der Waals surface area contributed by atoms with Gasteiger partial charge >= 0.3 is 11.9 Å². The Morgan fingerprint density at radius 3 is 1.43 bits per heavy atom. The third-order valence-corrected chi connectivity index (χ3v) is 7.34. The minimum Gasteiger partial charge on any atom is -0.483 e. The maximum atomic E-state index is 13.2. The second-order valence-electron chi connectivity index (χ2n) is 9.02. The number of aliphatic imine (C=N–C) groups is 2. The fourth-order valence-electron chi connectivity index (χ4n) is 6.71. The summed E-state index contributed by atoms with van der Waals surface area (Å²) in [6.07, 6.45) is -0.493. The van der Waals surface area contributed by atoms with Gasteiger partial charge in [0.2, 0.25) is 11.8 Å². The average Bonchev–Trinajstić information content (AvgIpc) is 2.55. The van der Waals surface area contributed by atoms with Crippen molar-refractivity contribution in [2.45, 2.75) is 52.0 Å². The first-order valence-corrected chi connectivity index (χ1v) is 9.94. The summed E-state index contributed by atoms with van der Waals surface area (Å²) >= 11 is 0. The molecule has 0 N–H and O–H groups in total. The van der Waals surface area contributed by atoms with Crippen LogP contribution in [0.2, 0.25) is 0 Å². The van der Waals surface area contributed by atoms with E-state index in [4.69, 9.17) is 28.9 Å². The smallest absolute Gasteiger partial charge is 0.324 e. The van der Waals surface area contributed by atoms with E-state index in [-0.39, 0.29) is 59.9 Å². The number of nitrogens with zero attached hydrogens (tertiary/aromatic N) is 2. The van der Waals surface area contributed by atoms with Crippen LogP contribution in [0.15, 0.2) is 9.98 Å². The highest BCUT2D eigenvalue weighted by Crippen LogP contribution is 2.84. The SMILES string of the molecule is COC1=NC2C3C4C5C(N=C(OC)C2(C(=O)OC(C)C)C53)C14C(=O)OC(C)C. The molecule has 0 saturated heterocycles. The number of esters is 2. The first kappa shape index (κ1) is 17.9. The van der Waals surface area contributed by atoms with E-state index in [0.29, 0.717) is 11.8 Å². The number of hydrogen-bond donors (Lipinski definition) is 0. The zero-order chi connectivity index (χ0) is 20.2. The number of ether oxygens (including phenoxy) is 4. The van der Waals surface area contributed by atoms with Crippen LogP contribution in [0.5, 0.6) is 0 Å². The Hall–Kier alpha value is -2.12. The number of carbonyl (C=O) groups excluding carboxylic acids is 2. The molecule has 8 heteroatoms. The topological polar surface area (TPSA) is 95.8 Å². The molecule has 4 atom stereocenters. The van der Waals surface area contributed by atoms with E-state index in [9.17, 15) is 9.59 Å². The highest BCUT2D eigenvalue weighted by atomic mass is 16.6. The summed E-state index contributed by atoms with van der Waals surface area (Å²) < 4.78 is 22.4. The second-order valence-corrected chi connectivity index (χ2v) is 9.02. The van der Waals surface area contributed by atoms with Crippen LogP contribution in [-0.2, 0) is 28.5 Å². The number of carbonyl (C=O) groups is 2. The molecule has 5 rings (SSSR count). The molecule has 0 aromatic heterocycles. The number of fused-ring (bicyclic) bond motifs is 2. The molecule has 2 heterocycles. The van der Waals surface area contributed by atoms with Gasteiger partial charge in [-0.3, -0.25) is 9.59 Å². The molecule has 28 heavy (non-hydrogen) atoms. The van der Waals surface area contributed by atoms with Crippen molar-refractivity contribution in [3.63, 3.8) is 0 Å². The van der Waals surface area contributed by atoms with Gasteiger partial charge in [-0.05, 0) is 51.4 Å². The van der Waals surface area contributed by atoms with Crippen molar-refractivity contribution in [3.8, 4) is 0 Å². The Labute approximate surface area is 163 Å². The summed E-state index contributed by atoms with van der Waals surface area (Å²) in [5, 5.41) is 0. The molecule has 2 aliphatic heterocycles. The van der Waals surface area contributed by atoms with Gasteiger partial charge in [0, 0.05) is 0 Å². The first-order valence-electron chi connectivity index (χ1n) is 9.94. The quantitative estimate of drug-likeness (QED) is 0.670. The van der Waals surface area contributed by atoms with Crippen LogP contribution in [0.1, 0.15) is 27.7 Å². The Kier molecular flexibility index (Phi) is 3.38. The van der Waals surface area contributed by atoms with Gasteiger partial charge in [-0.2, -0.15) is 0 Å². The van der Waals surface area contributed by atoms with Crippen LogP contribution >= 0.6 is 0 Å². The van der Waals surface area contributed by atoms with Crippen molar-refractivity contribution < 1.29 is 28.5 Å². The fourth-order valence-corrected chi connectivity index (χ4v) is 6.71.